The fourth-order valence-electron chi connectivity index (χ4n) is 2.58. The third kappa shape index (κ3) is 4.25. The van der Waals surface area contributed by atoms with Crippen molar-refractivity contribution in [3.05, 3.63) is 29.8 Å². The van der Waals surface area contributed by atoms with Gasteiger partial charge in [0.15, 0.2) is 0 Å². The van der Waals surface area contributed by atoms with Gasteiger partial charge < -0.3 is 5.32 Å². The first kappa shape index (κ1) is 14.9. The Morgan fingerprint density at radius 1 is 1.42 bits per heavy atom. The van der Waals surface area contributed by atoms with Gasteiger partial charge in [0.1, 0.15) is 0 Å². The minimum atomic E-state index is 0.0571. The molecule has 1 fully saturated rings. The lowest BCUT2D eigenvalue weighted by Gasteiger charge is -2.25. The Labute approximate surface area is 127 Å². The van der Waals surface area contributed by atoms with Gasteiger partial charge >= 0.3 is 0 Å². The predicted molar refractivity (Wildman–Crippen MR) is 85.2 cm³/mol. The van der Waals surface area contributed by atoms with Gasteiger partial charge in [-0.05, 0) is 43.6 Å². The largest absolute Gasteiger partial charge is 0.352 e. The molecule has 1 aromatic rings. The van der Waals surface area contributed by atoms with E-state index >= 15 is 0 Å². The number of benzene rings is 1. The molecule has 0 saturated heterocycles. The number of thioether (sulfide) groups is 1. The van der Waals surface area contributed by atoms with Crippen LogP contribution in [0.5, 0.6) is 0 Å². The summed E-state index contributed by atoms with van der Waals surface area (Å²) in [5.41, 5.74) is 0.793. The van der Waals surface area contributed by atoms with Gasteiger partial charge in [0.05, 0.1) is 5.56 Å². The standard InChI is InChI=1S/C15H20BrNOS/c1-19-14-8-3-2-7-13(14)15(18)17-10-11-5-4-6-12(16)9-11/h2-3,7-8,11-12H,4-6,9-10H2,1H3,(H,17,18). The van der Waals surface area contributed by atoms with E-state index < -0.39 is 0 Å². The Hall–Kier alpha value is -0.480. The lowest BCUT2D eigenvalue weighted by Crippen LogP contribution is -2.32. The molecular weight excluding hydrogens is 322 g/mol. The van der Waals surface area contributed by atoms with E-state index in [1.54, 1.807) is 11.8 Å². The lowest BCUT2D eigenvalue weighted by molar-refractivity contribution is 0.0941. The van der Waals surface area contributed by atoms with Crippen LogP contribution in [0.25, 0.3) is 0 Å². The zero-order valence-corrected chi connectivity index (χ0v) is 13.6. The molecule has 4 heteroatoms. The van der Waals surface area contributed by atoms with E-state index in [1.807, 2.05) is 30.5 Å². The highest BCUT2D eigenvalue weighted by Gasteiger charge is 2.20. The average molecular weight is 342 g/mol. The highest BCUT2D eigenvalue weighted by atomic mass is 79.9. The second kappa shape index (κ2) is 7.34. The van der Waals surface area contributed by atoms with E-state index in [4.69, 9.17) is 0 Å². The minimum Gasteiger partial charge on any atom is -0.352 e. The van der Waals surface area contributed by atoms with Gasteiger partial charge in [-0.3, -0.25) is 4.79 Å². The summed E-state index contributed by atoms with van der Waals surface area (Å²) in [5, 5.41) is 3.09. The number of halogens is 1. The van der Waals surface area contributed by atoms with E-state index in [0.717, 1.165) is 17.0 Å². The van der Waals surface area contributed by atoms with Gasteiger partial charge in [0, 0.05) is 16.3 Å². The Bertz CT molecular complexity index is 438. The smallest absolute Gasteiger partial charge is 0.252 e. The second-order valence-corrected chi connectivity index (χ2v) is 7.18. The van der Waals surface area contributed by atoms with Gasteiger partial charge in [-0.15, -0.1) is 11.8 Å². The summed E-state index contributed by atoms with van der Waals surface area (Å²) >= 11 is 5.30. The van der Waals surface area contributed by atoms with Crippen molar-refractivity contribution in [3.8, 4) is 0 Å². The zero-order valence-electron chi connectivity index (χ0n) is 11.2. The number of amides is 1. The quantitative estimate of drug-likeness (QED) is 0.660. The summed E-state index contributed by atoms with van der Waals surface area (Å²) < 4.78 is 0. The fraction of sp³-hybridized carbons (Fsp3) is 0.533. The van der Waals surface area contributed by atoms with E-state index in [2.05, 4.69) is 21.2 Å². The molecule has 2 nitrogen and oxygen atoms in total. The van der Waals surface area contributed by atoms with Crippen LogP contribution in [0.3, 0.4) is 0 Å². The molecule has 2 unspecified atom stereocenters. The van der Waals surface area contributed by atoms with Gasteiger partial charge in [0.2, 0.25) is 0 Å². The van der Waals surface area contributed by atoms with E-state index in [-0.39, 0.29) is 5.91 Å². The summed E-state index contributed by atoms with van der Waals surface area (Å²) in [6, 6.07) is 7.78. The monoisotopic (exact) mass is 341 g/mol. The van der Waals surface area contributed by atoms with E-state index in [0.29, 0.717) is 10.7 Å². The third-order valence-corrected chi connectivity index (χ3v) is 5.25. The summed E-state index contributed by atoms with van der Waals surface area (Å²) in [5.74, 6) is 0.671. The number of nitrogens with one attached hydrogen (secondary N) is 1. The predicted octanol–water partition coefficient (Wildman–Crippen LogP) is 4.09. The van der Waals surface area contributed by atoms with Gasteiger partial charge in [-0.2, -0.15) is 0 Å². The number of hydrogen-bond donors (Lipinski definition) is 1. The first-order valence-corrected chi connectivity index (χ1v) is 8.90. The maximum absolute atomic E-state index is 12.2. The molecule has 2 atom stereocenters. The lowest BCUT2D eigenvalue weighted by atomic mass is 9.89. The Balaban J connectivity index is 1.90. The first-order valence-electron chi connectivity index (χ1n) is 6.76. The number of carbonyl (C=O) groups excluding carboxylic acids is 1. The van der Waals surface area contributed by atoms with Crippen LogP contribution in [0.4, 0.5) is 0 Å². The molecule has 2 rings (SSSR count). The molecule has 1 aromatic carbocycles. The second-order valence-electron chi connectivity index (χ2n) is 5.04. The SMILES string of the molecule is CSc1ccccc1C(=O)NCC1CCCC(Br)C1. The number of rotatable bonds is 4. The summed E-state index contributed by atoms with van der Waals surface area (Å²) in [6.45, 7) is 0.795. The van der Waals surface area contributed by atoms with E-state index in [9.17, 15) is 4.79 Å². The van der Waals surface area contributed by atoms with E-state index in [1.165, 1.54) is 25.7 Å². The number of carbonyl (C=O) groups is 1. The summed E-state index contributed by atoms with van der Waals surface area (Å²) in [6.07, 6.45) is 6.93. The third-order valence-electron chi connectivity index (χ3n) is 3.62. The van der Waals surface area contributed by atoms with Crippen molar-refractivity contribution >= 4 is 33.6 Å². The Morgan fingerprint density at radius 3 is 2.95 bits per heavy atom. The van der Waals surface area contributed by atoms with Crippen molar-refractivity contribution in [2.24, 2.45) is 5.92 Å². The highest BCUT2D eigenvalue weighted by Crippen LogP contribution is 2.28. The van der Waals surface area contributed by atoms with Crippen molar-refractivity contribution in [2.75, 3.05) is 12.8 Å². The maximum atomic E-state index is 12.2. The normalized spacial score (nSPS) is 23.1. The molecule has 1 aliphatic carbocycles. The molecule has 104 valence electrons. The van der Waals surface area contributed by atoms with Crippen molar-refractivity contribution < 1.29 is 4.79 Å². The first-order chi connectivity index (χ1) is 9.20. The molecule has 1 amide bonds. The maximum Gasteiger partial charge on any atom is 0.252 e. The molecule has 1 saturated carbocycles. The molecule has 19 heavy (non-hydrogen) atoms. The average Bonchev–Trinajstić information content (AvgIpc) is 2.45. The van der Waals surface area contributed by atoms with Crippen LogP contribution < -0.4 is 5.32 Å². The van der Waals surface area contributed by atoms with Crippen LogP contribution in [0.1, 0.15) is 36.0 Å². The van der Waals surface area contributed by atoms with Crippen molar-refractivity contribution in [1.29, 1.82) is 0 Å². The highest BCUT2D eigenvalue weighted by molar-refractivity contribution is 9.09. The van der Waals surface area contributed by atoms with Gasteiger partial charge in [-0.25, -0.2) is 0 Å². The summed E-state index contributed by atoms with van der Waals surface area (Å²) in [4.78, 5) is 13.9. The molecule has 0 aromatic heterocycles. The number of hydrogen-bond acceptors (Lipinski definition) is 2. The van der Waals surface area contributed by atoms with Crippen LogP contribution in [-0.2, 0) is 0 Å². The van der Waals surface area contributed by atoms with Crippen molar-refractivity contribution in [2.45, 2.75) is 35.4 Å². The topological polar surface area (TPSA) is 29.1 Å². The fourth-order valence-corrected chi connectivity index (χ4v) is 4.02. The van der Waals surface area contributed by atoms with Crippen molar-refractivity contribution in [1.82, 2.24) is 5.32 Å². The molecular formula is C15H20BrNOS. The van der Waals surface area contributed by atoms with Crippen LogP contribution in [0.2, 0.25) is 0 Å². The molecule has 0 spiro atoms. The molecule has 0 aliphatic heterocycles. The Kier molecular flexibility index (Phi) is 5.76. The molecule has 1 aliphatic rings. The molecule has 0 bridgehead atoms. The number of alkyl halides is 1. The molecule has 1 N–H and O–H groups in total. The summed E-state index contributed by atoms with van der Waals surface area (Å²) in [7, 11) is 0. The van der Waals surface area contributed by atoms with Crippen LogP contribution in [0, 0.1) is 5.92 Å². The van der Waals surface area contributed by atoms with Crippen LogP contribution in [-0.4, -0.2) is 23.5 Å². The zero-order chi connectivity index (χ0) is 13.7. The van der Waals surface area contributed by atoms with Crippen LogP contribution in [0.15, 0.2) is 29.2 Å². The minimum absolute atomic E-state index is 0.0571. The van der Waals surface area contributed by atoms with Crippen LogP contribution >= 0.6 is 27.7 Å². The Morgan fingerprint density at radius 2 is 2.21 bits per heavy atom. The van der Waals surface area contributed by atoms with Gasteiger partial charge in [0.25, 0.3) is 5.91 Å². The van der Waals surface area contributed by atoms with Crippen molar-refractivity contribution in [3.63, 3.8) is 0 Å². The van der Waals surface area contributed by atoms with Gasteiger partial charge in [-0.1, -0.05) is 34.5 Å². The molecule has 0 heterocycles. The molecule has 0 radical (unpaired) electrons.